The van der Waals surface area contributed by atoms with Crippen LogP contribution in [0.5, 0.6) is 0 Å². The number of aromatic nitrogens is 12. The molecule has 6 heterocycles. The molecule has 3 aliphatic carbocycles. The van der Waals surface area contributed by atoms with Crippen LogP contribution in [0.15, 0.2) is 66.3 Å². The Morgan fingerprint density at radius 1 is 0.535 bits per heavy atom. The fraction of sp³-hybridized carbons (Fsp3) is 0.609. The molecule has 3 aliphatic rings. The monoisotopic (exact) mass is 1010 g/mol. The fourth-order valence-electron chi connectivity index (χ4n) is 9.28. The Hall–Kier alpha value is -6.15. The summed E-state index contributed by atoms with van der Waals surface area (Å²) in [5.74, 6) is 1.04. The summed E-state index contributed by atoms with van der Waals surface area (Å²) >= 11 is 0. The van der Waals surface area contributed by atoms with Crippen LogP contribution in [-0.4, -0.2) is 119 Å². The van der Waals surface area contributed by atoms with E-state index in [1.54, 1.807) is 35.4 Å². The lowest BCUT2D eigenvalue weighted by Gasteiger charge is -2.27. The van der Waals surface area contributed by atoms with E-state index in [4.69, 9.17) is 18.4 Å². The molecular formula is C46H64N12O12S. The molecule has 9 rings (SSSR count). The second-order valence-corrected chi connectivity index (χ2v) is 19.9. The zero-order chi connectivity index (χ0) is 51.4. The molecular weight excluding hydrogens is 945 g/mol. The first kappa shape index (κ1) is 54.2. The first-order valence-corrected chi connectivity index (χ1v) is 25.4. The lowest BCUT2D eigenvalue weighted by Crippen LogP contribution is -2.41. The number of hydrogen-bond acceptors (Lipinski definition) is 18. The average molecular weight is 1010 g/mol. The predicted molar refractivity (Wildman–Crippen MR) is 263 cm³/mol. The van der Waals surface area contributed by atoms with Gasteiger partial charge >= 0.3 is 17.1 Å². The predicted octanol–water partition coefficient (Wildman–Crippen LogP) is 1.58. The number of nitrogens with one attached hydrogen (secondary N) is 1. The van der Waals surface area contributed by atoms with Crippen molar-refractivity contribution in [3.8, 4) is 0 Å². The van der Waals surface area contributed by atoms with Gasteiger partial charge in [-0.25, -0.2) is 44.3 Å². The van der Waals surface area contributed by atoms with Crippen molar-refractivity contribution in [3.63, 3.8) is 0 Å². The van der Waals surface area contributed by atoms with E-state index in [1.165, 1.54) is 67.5 Å². The number of aromatic amines is 1. The largest absolute Gasteiger partial charge is 0.381 e. The quantitative estimate of drug-likeness (QED) is 0.191. The number of methoxy groups -OCH3 is 3. The molecule has 0 saturated heterocycles. The molecule has 6 aromatic rings. The molecule has 6 aromatic heterocycles. The minimum absolute atomic E-state index is 0.299. The Morgan fingerprint density at radius 2 is 0.887 bits per heavy atom. The molecule has 1 N–H and O–H groups in total. The average Bonchev–Trinajstić information content (AvgIpc) is 3.39. The van der Waals surface area contributed by atoms with Crippen molar-refractivity contribution in [2.75, 3.05) is 34.2 Å². The molecule has 3 saturated carbocycles. The maximum absolute atomic E-state index is 12.5. The molecule has 0 bridgehead atoms. The smallest absolute Gasteiger partial charge is 0.332 e. The van der Waals surface area contributed by atoms with Crippen molar-refractivity contribution < 1.29 is 26.8 Å². The summed E-state index contributed by atoms with van der Waals surface area (Å²) in [6, 6.07) is 0. The van der Waals surface area contributed by atoms with E-state index in [1.807, 2.05) is 0 Å². The molecule has 386 valence electrons. The molecule has 0 spiro atoms. The second-order valence-electron chi connectivity index (χ2n) is 18.2. The number of H-pyrrole nitrogens is 1. The van der Waals surface area contributed by atoms with Gasteiger partial charge in [-0.3, -0.25) is 46.4 Å². The van der Waals surface area contributed by atoms with Gasteiger partial charge in [0.2, 0.25) is 0 Å². The van der Waals surface area contributed by atoms with Crippen LogP contribution < -0.4 is 33.7 Å². The normalized spacial score (nSPS) is 21.3. The highest BCUT2D eigenvalue weighted by molar-refractivity contribution is 7.85. The minimum Gasteiger partial charge on any atom is -0.381 e. The van der Waals surface area contributed by atoms with E-state index in [-0.39, 0.29) is 22.5 Å². The van der Waals surface area contributed by atoms with Crippen molar-refractivity contribution in [1.29, 1.82) is 0 Å². The van der Waals surface area contributed by atoms with Gasteiger partial charge in [-0.05, 0) is 94.8 Å². The number of rotatable bonds is 10. The Morgan fingerprint density at radius 3 is 1.25 bits per heavy atom. The number of aryl methyl sites for hydroxylation is 3. The van der Waals surface area contributed by atoms with Gasteiger partial charge in [-0.1, -0.05) is 0 Å². The van der Waals surface area contributed by atoms with Crippen LogP contribution in [0.25, 0.3) is 33.1 Å². The molecule has 0 aliphatic heterocycles. The van der Waals surface area contributed by atoms with Crippen molar-refractivity contribution in [3.05, 3.63) is 100 Å². The standard InChI is InChI=1S/2C15H20N4O3.C9H18O4S.C7H6N4O2/c2*1-18-13-12(7-16-9-17-13)14(20)19(15(18)21)8-10-3-5-11(22-2)6-4-10;1-12-9-5-3-8(4-6-9)7-13-14(2,10)11;1-11-5-4(2-8-3-9-5)6(12)10-7(11)13/h2*7,9-11H,3-6,8H2,1-2H3;8-9H,3-7H2,1-2H3;2-3H,1H3,(H,10,12,13). The highest BCUT2D eigenvalue weighted by Crippen LogP contribution is 2.28. The summed E-state index contributed by atoms with van der Waals surface area (Å²) in [5.41, 5.74) is -1.07. The van der Waals surface area contributed by atoms with Gasteiger partial charge in [0.1, 0.15) is 35.1 Å². The van der Waals surface area contributed by atoms with E-state index in [2.05, 4.69) is 34.9 Å². The van der Waals surface area contributed by atoms with Gasteiger partial charge in [0.15, 0.2) is 16.9 Å². The highest BCUT2D eigenvalue weighted by atomic mass is 32.2. The van der Waals surface area contributed by atoms with Gasteiger partial charge in [0, 0.05) is 74.2 Å². The molecule has 0 amide bonds. The Balaban J connectivity index is 0.000000159. The third-order valence-corrected chi connectivity index (χ3v) is 14.1. The SMILES string of the molecule is COC1CCC(COS(C)(=O)=O)CC1.COC1CCC(Cn2c(=O)c3cncnc3n(C)c2=O)CC1.COC1CCC(Cn2c(=O)c3cncnc3n(C)c2=O)CC1.Cn1c(=O)[nH]c(=O)c2cncnc21. The topological polar surface area (TPSA) is 291 Å². The molecule has 0 aromatic carbocycles. The van der Waals surface area contributed by atoms with E-state index in [9.17, 15) is 37.2 Å². The first-order valence-electron chi connectivity index (χ1n) is 23.5. The summed E-state index contributed by atoms with van der Waals surface area (Å²) in [6.07, 6.45) is 22.2. The molecule has 3 fully saturated rings. The maximum atomic E-state index is 12.5. The Kier molecular flexibility index (Phi) is 18.9. The van der Waals surface area contributed by atoms with Gasteiger partial charge in [-0.15, -0.1) is 0 Å². The van der Waals surface area contributed by atoms with Crippen LogP contribution in [0.4, 0.5) is 0 Å². The van der Waals surface area contributed by atoms with Crippen LogP contribution >= 0.6 is 0 Å². The van der Waals surface area contributed by atoms with Crippen molar-refractivity contribution >= 4 is 43.2 Å². The minimum atomic E-state index is -3.27. The fourth-order valence-corrected chi connectivity index (χ4v) is 9.72. The van der Waals surface area contributed by atoms with Crippen LogP contribution in [0.1, 0.15) is 77.0 Å². The van der Waals surface area contributed by atoms with Crippen LogP contribution in [0, 0.1) is 17.8 Å². The van der Waals surface area contributed by atoms with Crippen LogP contribution in [0.2, 0.25) is 0 Å². The molecule has 0 radical (unpaired) electrons. The van der Waals surface area contributed by atoms with E-state index in [0.29, 0.717) is 88.9 Å². The Labute approximate surface area is 408 Å². The van der Waals surface area contributed by atoms with Crippen LogP contribution in [0.3, 0.4) is 0 Å². The zero-order valence-electron chi connectivity index (χ0n) is 41.3. The Bertz CT molecular complexity index is 3100. The van der Waals surface area contributed by atoms with Gasteiger partial charge in [-0.2, -0.15) is 8.42 Å². The first-order chi connectivity index (χ1) is 33.9. The summed E-state index contributed by atoms with van der Waals surface area (Å²) in [7, 11) is 6.71. The van der Waals surface area contributed by atoms with Gasteiger partial charge in [0.05, 0.1) is 31.2 Å². The van der Waals surface area contributed by atoms with E-state index >= 15 is 0 Å². The summed E-state index contributed by atoms with van der Waals surface area (Å²) in [4.78, 5) is 97.8. The second kappa shape index (κ2) is 24.8. The molecule has 0 atom stereocenters. The molecule has 0 unspecified atom stereocenters. The summed E-state index contributed by atoms with van der Waals surface area (Å²) in [5, 5.41) is 1.08. The lowest BCUT2D eigenvalue weighted by molar-refractivity contribution is 0.0488. The zero-order valence-corrected chi connectivity index (χ0v) is 42.1. The third kappa shape index (κ3) is 13.8. The number of hydrogen-bond donors (Lipinski definition) is 1. The van der Waals surface area contributed by atoms with E-state index < -0.39 is 21.4 Å². The molecule has 25 heteroatoms. The van der Waals surface area contributed by atoms with Crippen LogP contribution in [-0.2, 0) is 62.7 Å². The van der Waals surface area contributed by atoms with Crippen molar-refractivity contribution in [1.82, 2.24) is 57.7 Å². The molecule has 71 heavy (non-hydrogen) atoms. The van der Waals surface area contributed by atoms with Gasteiger partial charge in [0.25, 0.3) is 26.8 Å². The van der Waals surface area contributed by atoms with Crippen molar-refractivity contribution in [2.24, 2.45) is 38.9 Å². The highest BCUT2D eigenvalue weighted by Gasteiger charge is 2.25. The third-order valence-electron chi connectivity index (χ3n) is 13.6. The van der Waals surface area contributed by atoms with Gasteiger partial charge < -0.3 is 14.2 Å². The van der Waals surface area contributed by atoms with Crippen molar-refractivity contribution in [2.45, 2.75) is 108 Å². The number of fused-ring (bicyclic) bond motifs is 3. The maximum Gasteiger partial charge on any atom is 0.332 e. The number of nitrogens with zero attached hydrogens (tertiary/aromatic N) is 11. The number of ether oxygens (including phenoxy) is 3. The lowest BCUT2D eigenvalue weighted by atomic mass is 9.87. The molecule has 24 nitrogen and oxygen atoms in total. The van der Waals surface area contributed by atoms with E-state index in [0.717, 1.165) is 83.3 Å². The summed E-state index contributed by atoms with van der Waals surface area (Å²) < 4.78 is 49.0. The summed E-state index contributed by atoms with van der Waals surface area (Å²) in [6.45, 7) is 1.23.